The first-order valence-electron chi connectivity index (χ1n) is 7.40. The van der Waals surface area contributed by atoms with Crippen LogP contribution in [-0.2, 0) is 9.53 Å². The topological polar surface area (TPSA) is 67.4 Å². The average Bonchev–Trinajstić information content (AvgIpc) is 2.95. The summed E-state index contributed by atoms with van der Waals surface area (Å²) in [6.07, 6.45) is 5.25. The molecule has 0 saturated carbocycles. The number of ether oxygens (including phenoxy) is 1. The van der Waals surface area contributed by atoms with Gasteiger partial charge in [0.2, 0.25) is 0 Å². The Morgan fingerprint density at radius 2 is 2.10 bits per heavy atom. The summed E-state index contributed by atoms with van der Waals surface area (Å²) < 4.78 is 4.94. The van der Waals surface area contributed by atoms with Crippen LogP contribution in [0.5, 0.6) is 0 Å². The van der Waals surface area contributed by atoms with Gasteiger partial charge in [0.1, 0.15) is 5.78 Å². The van der Waals surface area contributed by atoms with Gasteiger partial charge >= 0.3 is 6.03 Å². The van der Waals surface area contributed by atoms with Gasteiger partial charge in [-0.15, -0.1) is 0 Å². The Bertz CT molecular complexity index is 351. The van der Waals surface area contributed by atoms with Crippen LogP contribution in [0.4, 0.5) is 4.79 Å². The predicted octanol–water partition coefficient (Wildman–Crippen LogP) is 1.71. The zero-order chi connectivity index (χ0) is 14.4. The summed E-state index contributed by atoms with van der Waals surface area (Å²) in [5.74, 6) is 1.35. The molecule has 20 heavy (non-hydrogen) atoms. The number of thioether (sulfide) groups is 1. The Labute approximate surface area is 124 Å². The molecular weight excluding hydrogens is 276 g/mol. The molecule has 114 valence electrons. The molecule has 2 rings (SSSR count). The van der Waals surface area contributed by atoms with Crippen LogP contribution in [-0.4, -0.2) is 48.6 Å². The lowest BCUT2D eigenvalue weighted by Crippen LogP contribution is -2.36. The maximum atomic E-state index is 11.6. The van der Waals surface area contributed by atoms with E-state index in [9.17, 15) is 9.59 Å². The molecule has 6 heteroatoms. The van der Waals surface area contributed by atoms with Crippen molar-refractivity contribution in [2.24, 2.45) is 0 Å². The molecule has 2 N–H and O–H groups in total. The quantitative estimate of drug-likeness (QED) is 0.502. The molecule has 0 aromatic rings. The average molecular weight is 300 g/mol. The van der Waals surface area contributed by atoms with Gasteiger partial charge < -0.3 is 15.4 Å². The number of urea groups is 1. The van der Waals surface area contributed by atoms with Crippen LogP contribution in [0.1, 0.15) is 38.5 Å². The molecule has 2 aliphatic rings. The van der Waals surface area contributed by atoms with Gasteiger partial charge in [-0.2, -0.15) is 11.8 Å². The maximum Gasteiger partial charge on any atom is 0.315 e. The number of amides is 2. The number of carbonyl (C=O) groups excluding carboxylic acids is 2. The number of carbonyl (C=O) groups is 2. The predicted molar refractivity (Wildman–Crippen MR) is 80.1 cm³/mol. The van der Waals surface area contributed by atoms with Crippen LogP contribution >= 0.6 is 11.8 Å². The van der Waals surface area contributed by atoms with Gasteiger partial charge in [0.15, 0.2) is 0 Å². The molecule has 2 amide bonds. The third-order valence-corrected chi connectivity index (χ3v) is 5.45. The first-order chi connectivity index (χ1) is 9.70. The Morgan fingerprint density at radius 1 is 1.30 bits per heavy atom. The number of Topliss-reactive ketones (excluding diaryl/α,β-unsaturated/α-hetero) is 1. The van der Waals surface area contributed by atoms with Crippen molar-refractivity contribution in [3.05, 3.63) is 0 Å². The summed E-state index contributed by atoms with van der Waals surface area (Å²) in [7, 11) is 1.66. The molecular formula is C14H24N2O3S. The van der Waals surface area contributed by atoms with Crippen LogP contribution in [0.15, 0.2) is 0 Å². The van der Waals surface area contributed by atoms with Crippen molar-refractivity contribution in [1.29, 1.82) is 0 Å². The fourth-order valence-electron chi connectivity index (χ4n) is 2.85. The van der Waals surface area contributed by atoms with E-state index in [1.54, 1.807) is 7.11 Å². The number of methoxy groups -OCH3 is 1. The number of ketones is 1. The second-order valence-corrected chi connectivity index (χ2v) is 6.77. The Hall–Kier alpha value is -0.750. The van der Waals surface area contributed by atoms with Crippen molar-refractivity contribution in [3.8, 4) is 0 Å². The van der Waals surface area contributed by atoms with Gasteiger partial charge in [0.05, 0.1) is 12.1 Å². The van der Waals surface area contributed by atoms with Gasteiger partial charge in [-0.05, 0) is 19.3 Å². The smallest absolute Gasteiger partial charge is 0.315 e. The van der Waals surface area contributed by atoms with Gasteiger partial charge in [0, 0.05) is 37.6 Å². The first-order valence-corrected chi connectivity index (χ1v) is 8.45. The number of unbranched alkanes of at least 4 members (excludes halogenated alkanes) is 1. The van der Waals surface area contributed by atoms with E-state index < -0.39 is 0 Å². The molecule has 2 aliphatic heterocycles. The van der Waals surface area contributed by atoms with Crippen molar-refractivity contribution in [1.82, 2.24) is 10.6 Å². The summed E-state index contributed by atoms with van der Waals surface area (Å²) >= 11 is 1.93. The number of nitrogens with one attached hydrogen (secondary N) is 2. The van der Waals surface area contributed by atoms with E-state index in [4.69, 9.17) is 4.74 Å². The lowest BCUT2D eigenvalue weighted by Gasteiger charge is -2.16. The highest BCUT2D eigenvalue weighted by Gasteiger charge is 2.42. The van der Waals surface area contributed by atoms with Crippen molar-refractivity contribution in [2.75, 3.05) is 19.5 Å². The molecule has 0 aromatic heterocycles. The van der Waals surface area contributed by atoms with Gasteiger partial charge in [-0.3, -0.25) is 4.79 Å². The van der Waals surface area contributed by atoms with E-state index in [0.717, 1.165) is 31.4 Å². The molecule has 0 spiro atoms. The normalized spacial score (nSPS) is 28.1. The van der Waals surface area contributed by atoms with E-state index in [1.165, 1.54) is 0 Å². The van der Waals surface area contributed by atoms with E-state index in [1.807, 2.05) is 11.8 Å². The van der Waals surface area contributed by atoms with Crippen LogP contribution < -0.4 is 10.6 Å². The monoisotopic (exact) mass is 300 g/mol. The summed E-state index contributed by atoms with van der Waals surface area (Å²) in [5.41, 5.74) is 0. The minimum atomic E-state index is -0.0291. The summed E-state index contributed by atoms with van der Waals surface area (Å²) in [6, 6.07) is 0.553. The number of fused-ring (bicyclic) bond motifs is 1. The number of hydrogen-bond acceptors (Lipinski definition) is 4. The number of hydrogen-bond donors (Lipinski definition) is 2. The van der Waals surface area contributed by atoms with Crippen LogP contribution in [0.25, 0.3) is 0 Å². The van der Waals surface area contributed by atoms with Crippen molar-refractivity contribution in [2.45, 2.75) is 55.9 Å². The first kappa shape index (κ1) is 15.6. The molecule has 2 saturated heterocycles. The van der Waals surface area contributed by atoms with Gasteiger partial charge in [-0.25, -0.2) is 4.79 Å². The minimum absolute atomic E-state index is 0.0291. The maximum absolute atomic E-state index is 11.6. The molecule has 0 aliphatic carbocycles. The molecule has 2 fully saturated rings. The fraction of sp³-hybridized carbons (Fsp3) is 0.857. The Balaban J connectivity index is 1.55. The zero-order valence-corrected chi connectivity index (χ0v) is 12.8. The zero-order valence-electron chi connectivity index (χ0n) is 12.0. The molecule has 3 atom stereocenters. The SMILES string of the molecule is COCCCC(=O)CCCCC1SC[C@@H]2NC(=O)N[C@H]12. The highest BCUT2D eigenvalue weighted by Crippen LogP contribution is 2.33. The summed E-state index contributed by atoms with van der Waals surface area (Å²) in [6.45, 7) is 0.667. The van der Waals surface area contributed by atoms with Crippen LogP contribution in [0.2, 0.25) is 0 Å². The standard InChI is InChI=1S/C14H24N2O3S/c1-19-8-4-6-10(17)5-2-3-7-12-13-11(9-20-12)15-14(18)16-13/h11-13H,2-9H2,1H3,(H2,15,16,18)/t11-,12?,13-/m0/s1. The van der Waals surface area contributed by atoms with E-state index in [0.29, 0.717) is 36.5 Å². The minimum Gasteiger partial charge on any atom is -0.385 e. The highest BCUT2D eigenvalue weighted by molar-refractivity contribution is 8.00. The number of rotatable bonds is 9. The van der Waals surface area contributed by atoms with Crippen LogP contribution in [0, 0.1) is 0 Å². The molecule has 0 radical (unpaired) electrons. The van der Waals surface area contributed by atoms with Crippen molar-refractivity contribution >= 4 is 23.6 Å². The second-order valence-electron chi connectivity index (χ2n) is 5.50. The van der Waals surface area contributed by atoms with Gasteiger partial charge in [0.25, 0.3) is 0 Å². The molecule has 1 unspecified atom stereocenters. The lowest BCUT2D eigenvalue weighted by atomic mass is 10.0. The molecule has 5 nitrogen and oxygen atoms in total. The molecule has 2 heterocycles. The lowest BCUT2D eigenvalue weighted by molar-refractivity contribution is -0.119. The second kappa shape index (κ2) is 7.88. The fourth-order valence-corrected chi connectivity index (χ4v) is 4.39. The van der Waals surface area contributed by atoms with E-state index in [-0.39, 0.29) is 12.1 Å². The third-order valence-electron chi connectivity index (χ3n) is 3.94. The van der Waals surface area contributed by atoms with E-state index in [2.05, 4.69) is 10.6 Å². The third kappa shape index (κ3) is 4.38. The largest absolute Gasteiger partial charge is 0.385 e. The molecule has 0 aromatic carbocycles. The summed E-state index contributed by atoms with van der Waals surface area (Å²) in [5, 5.41) is 6.45. The molecule has 0 bridgehead atoms. The Kier molecular flexibility index (Phi) is 6.16. The van der Waals surface area contributed by atoms with Crippen molar-refractivity contribution in [3.63, 3.8) is 0 Å². The summed E-state index contributed by atoms with van der Waals surface area (Å²) in [4.78, 5) is 22.9. The Morgan fingerprint density at radius 3 is 2.90 bits per heavy atom. The van der Waals surface area contributed by atoms with Crippen LogP contribution in [0.3, 0.4) is 0 Å². The van der Waals surface area contributed by atoms with E-state index >= 15 is 0 Å². The van der Waals surface area contributed by atoms with Gasteiger partial charge in [-0.1, -0.05) is 6.42 Å². The van der Waals surface area contributed by atoms with Crippen molar-refractivity contribution < 1.29 is 14.3 Å². The highest BCUT2D eigenvalue weighted by atomic mass is 32.2.